The number of hydrogen-bond donors (Lipinski definition) is 2. The summed E-state index contributed by atoms with van der Waals surface area (Å²) in [5.41, 5.74) is 2.77. The van der Waals surface area contributed by atoms with Crippen molar-refractivity contribution in [2.75, 3.05) is 0 Å². The Hall–Kier alpha value is -2.62. The number of carboxylic acids is 2. The Labute approximate surface area is 122 Å². The van der Waals surface area contributed by atoms with Crippen molar-refractivity contribution in [3.63, 3.8) is 0 Å². The van der Waals surface area contributed by atoms with Crippen molar-refractivity contribution in [3.05, 3.63) is 69.8 Å². The molecule has 2 aromatic rings. The molecular formula is C17H16O4. The Kier molecular flexibility index (Phi) is 4.08. The molecule has 0 aliphatic carbocycles. The molecule has 2 aromatic carbocycles. The van der Waals surface area contributed by atoms with Crippen molar-refractivity contribution in [1.82, 2.24) is 0 Å². The predicted octanol–water partition coefficient (Wildman–Crippen LogP) is 3.29. The Morgan fingerprint density at radius 3 is 2.14 bits per heavy atom. The second-order valence-electron chi connectivity index (χ2n) is 4.99. The molecule has 0 amide bonds. The van der Waals surface area contributed by atoms with Crippen molar-refractivity contribution in [1.29, 1.82) is 0 Å². The molecule has 21 heavy (non-hydrogen) atoms. The smallest absolute Gasteiger partial charge is 0.336 e. The van der Waals surface area contributed by atoms with Gasteiger partial charge in [0.1, 0.15) is 0 Å². The lowest BCUT2D eigenvalue weighted by atomic mass is 9.89. The molecule has 0 unspecified atom stereocenters. The normalized spacial score (nSPS) is 10.4. The fourth-order valence-corrected chi connectivity index (χ4v) is 2.51. The monoisotopic (exact) mass is 284 g/mol. The molecule has 0 atom stereocenters. The summed E-state index contributed by atoms with van der Waals surface area (Å²) in [6.07, 6.45) is 0.467. The van der Waals surface area contributed by atoms with Crippen LogP contribution in [-0.2, 0) is 6.42 Å². The van der Waals surface area contributed by atoms with E-state index in [0.717, 1.165) is 5.56 Å². The number of hydrogen-bond acceptors (Lipinski definition) is 2. The summed E-state index contributed by atoms with van der Waals surface area (Å²) >= 11 is 0. The number of aromatic carboxylic acids is 2. The summed E-state index contributed by atoms with van der Waals surface area (Å²) in [4.78, 5) is 22.8. The van der Waals surface area contributed by atoms with Crippen molar-refractivity contribution >= 4 is 11.9 Å². The average molecular weight is 284 g/mol. The third-order valence-corrected chi connectivity index (χ3v) is 3.59. The number of carbonyl (C=O) groups is 2. The second-order valence-corrected chi connectivity index (χ2v) is 4.99. The van der Waals surface area contributed by atoms with E-state index in [0.29, 0.717) is 23.1 Å². The molecule has 0 heterocycles. The first kappa shape index (κ1) is 14.8. The SMILES string of the molecule is Cc1cc(C(=O)O)c(C)c(C(=O)O)c1Cc1ccccc1. The van der Waals surface area contributed by atoms with E-state index in [-0.39, 0.29) is 11.1 Å². The van der Waals surface area contributed by atoms with Gasteiger partial charge >= 0.3 is 11.9 Å². The molecule has 0 aromatic heterocycles. The van der Waals surface area contributed by atoms with E-state index in [1.807, 2.05) is 30.3 Å². The van der Waals surface area contributed by atoms with Gasteiger partial charge in [-0.2, -0.15) is 0 Å². The molecule has 0 fully saturated rings. The largest absolute Gasteiger partial charge is 0.478 e. The Morgan fingerprint density at radius 2 is 1.62 bits per heavy atom. The summed E-state index contributed by atoms with van der Waals surface area (Å²) in [5, 5.41) is 18.6. The fourth-order valence-electron chi connectivity index (χ4n) is 2.51. The van der Waals surface area contributed by atoms with Gasteiger partial charge in [-0.05, 0) is 48.6 Å². The Balaban J connectivity index is 2.62. The Bertz CT molecular complexity index is 702. The van der Waals surface area contributed by atoms with Gasteiger partial charge in [0.05, 0.1) is 11.1 Å². The van der Waals surface area contributed by atoms with Crippen LogP contribution in [0.3, 0.4) is 0 Å². The highest BCUT2D eigenvalue weighted by Crippen LogP contribution is 2.25. The maximum atomic E-state index is 11.6. The van der Waals surface area contributed by atoms with Gasteiger partial charge in [0, 0.05) is 0 Å². The van der Waals surface area contributed by atoms with Gasteiger partial charge < -0.3 is 10.2 Å². The zero-order valence-corrected chi connectivity index (χ0v) is 11.9. The zero-order chi connectivity index (χ0) is 15.6. The summed E-state index contributed by atoms with van der Waals surface area (Å²) < 4.78 is 0. The van der Waals surface area contributed by atoms with Crippen LogP contribution in [0.4, 0.5) is 0 Å². The minimum Gasteiger partial charge on any atom is -0.478 e. The molecule has 0 radical (unpaired) electrons. The third kappa shape index (κ3) is 2.94. The Morgan fingerprint density at radius 1 is 1.00 bits per heavy atom. The molecule has 0 saturated heterocycles. The number of rotatable bonds is 4. The van der Waals surface area contributed by atoms with E-state index in [1.165, 1.54) is 0 Å². The van der Waals surface area contributed by atoms with E-state index >= 15 is 0 Å². The van der Waals surface area contributed by atoms with E-state index in [9.17, 15) is 19.8 Å². The van der Waals surface area contributed by atoms with E-state index in [2.05, 4.69) is 0 Å². The van der Waals surface area contributed by atoms with Gasteiger partial charge in [0.2, 0.25) is 0 Å². The summed E-state index contributed by atoms with van der Waals surface area (Å²) in [6, 6.07) is 11.1. The fraction of sp³-hybridized carbons (Fsp3) is 0.176. The van der Waals surface area contributed by atoms with E-state index in [1.54, 1.807) is 19.9 Å². The lowest BCUT2D eigenvalue weighted by molar-refractivity contribution is 0.0695. The number of benzene rings is 2. The van der Waals surface area contributed by atoms with Crippen LogP contribution in [-0.4, -0.2) is 22.2 Å². The van der Waals surface area contributed by atoms with Crippen LogP contribution in [0.2, 0.25) is 0 Å². The minimum absolute atomic E-state index is 0.0433. The van der Waals surface area contributed by atoms with Crippen LogP contribution in [0.25, 0.3) is 0 Å². The molecule has 0 aliphatic rings. The van der Waals surface area contributed by atoms with Gasteiger partial charge in [0.25, 0.3) is 0 Å². The van der Waals surface area contributed by atoms with Gasteiger partial charge in [-0.1, -0.05) is 30.3 Å². The summed E-state index contributed by atoms with van der Waals surface area (Å²) in [7, 11) is 0. The summed E-state index contributed by atoms with van der Waals surface area (Å²) in [5.74, 6) is -2.20. The first-order valence-corrected chi connectivity index (χ1v) is 6.55. The highest BCUT2D eigenvalue weighted by atomic mass is 16.4. The topological polar surface area (TPSA) is 74.6 Å². The molecule has 0 spiro atoms. The van der Waals surface area contributed by atoms with Crippen molar-refractivity contribution in [2.45, 2.75) is 20.3 Å². The zero-order valence-electron chi connectivity index (χ0n) is 11.9. The van der Waals surface area contributed by atoms with Crippen LogP contribution in [0.15, 0.2) is 36.4 Å². The van der Waals surface area contributed by atoms with Crippen molar-refractivity contribution in [3.8, 4) is 0 Å². The highest BCUT2D eigenvalue weighted by molar-refractivity contribution is 5.98. The van der Waals surface area contributed by atoms with Gasteiger partial charge in [-0.25, -0.2) is 9.59 Å². The van der Waals surface area contributed by atoms with Gasteiger partial charge in [-0.3, -0.25) is 0 Å². The number of carboxylic acid groups (broad SMARTS) is 2. The quantitative estimate of drug-likeness (QED) is 0.903. The molecule has 0 bridgehead atoms. The third-order valence-electron chi connectivity index (χ3n) is 3.59. The lowest BCUT2D eigenvalue weighted by Crippen LogP contribution is -2.13. The average Bonchev–Trinajstić information content (AvgIpc) is 2.43. The van der Waals surface area contributed by atoms with Crippen LogP contribution in [0.1, 0.15) is 43.0 Å². The lowest BCUT2D eigenvalue weighted by Gasteiger charge is -2.15. The maximum absolute atomic E-state index is 11.6. The first-order valence-electron chi connectivity index (χ1n) is 6.55. The molecular weight excluding hydrogens is 268 g/mol. The molecule has 2 N–H and O–H groups in total. The molecule has 4 nitrogen and oxygen atoms in total. The van der Waals surface area contributed by atoms with E-state index < -0.39 is 11.9 Å². The molecule has 0 saturated carbocycles. The minimum atomic E-state index is -1.11. The number of aryl methyl sites for hydroxylation is 1. The van der Waals surface area contributed by atoms with Gasteiger partial charge in [0.15, 0.2) is 0 Å². The second kappa shape index (κ2) is 5.79. The van der Waals surface area contributed by atoms with Crippen LogP contribution >= 0.6 is 0 Å². The molecule has 2 rings (SSSR count). The maximum Gasteiger partial charge on any atom is 0.336 e. The van der Waals surface area contributed by atoms with Gasteiger partial charge in [-0.15, -0.1) is 0 Å². The van der Waals surface area contributed by atoms with Crippen molar-refractivity contribution < 1.29 is 19.8 Å². The molecule has 0 aliphatic heterocycles. The van der Waals surface area contributed by atoms with Crippen LogP contribution in [0.5, 0.6) is 0 Å². The van der Waals surface area contributed by atoms with E-state index in [4.69, 9.17) is 0 Å². The molecule has 4 heteroatoms. The first-order chi connectivity index (χ1) is 9.91. The summed E-state index contributed by atoms with van der Waals surface area (Å²) in [6.45, 7) is 3.29. The predicted molar refractivity (Wildman–Crippen MR) is 79.1 cm³/mol. The highest BCUT2D eigenvalue weighted by Gasteiger charge is 2.21. The standard InChI is InChI=1S/C17H16O4/c1-10-8-14(16(18)19)11(2)15(17(20)21)13(10)9-12-6-4-3-5-7-12/h3-8H,9H2,1-2H3,(H,18,19)(H,20,21). The van der Waals surface area contributed by atoms with Crippen LogP contribution < -0.4 is 0 Å². The van der Waals surface area contributed by atoms with Crippen LogP contribution in [0, 0.1) is 13.8 Å². The van der Waals surface area contributed by atoms with Crippen molar-refractivity contribution in [2.24, 2.45) is 0 Å². The molecule has 108 valence electrons.